The van der Waals surface area contributed by atoms with Crippen molar-refractivity contribution in [3.8, 4) is 34.2 Å². The molecule has 0 aliphatic rings. The normalized spacial score (nSPS) is 11.9. The molecule has 0 spiro atoms. The van der Waals surface area contributed by atoms with Crippen molar-refractivity contribution in [3.05, 3.63) is 71.3 Å². The highest BCUT2D eigenvalue weighted by atomic mass is 19.1. The Morgan fingerprint density at radius 2 is 1.75 bits per heavy atom. The SMILES string of the molecule is CCOc1cnc2cn(-c3ccc(OC)cc3)c(=O)c(-c3ccc(OC(C)F)cc3)c2n1. The Balaban J connectivity index is 1.93. The number of aromatic nitrogens is 3. The first-order valence-electron chi connectivity index (χ1n) is 10.1. The summed E-state index contributed by atoms with van der Waals surface area (Å²) in [7, 11) is 1.58. The molecule has 4 aromatic rings. The highest BCUT2D eigenvalue weighted by Gasteiger charge is 2.17. The quantitative estimate of drug-likeness (QED) is 0.424. The fourth-order valence-electron chi connectivity index (χ4n) is 3.36. The van der Waals surface area contributed by atoms with Gasteiger partial charge >= 0.3 is 0 Å². The van der Waals surface area contributed by atoms with Crippen LogP contribution in [0.25, 0.3) is 27.8 Å². The number of fused-ring (bicyclic) bond motifs is 1. The number of pyridine rings is 1. The summed E-state index contributed by atoms with van der Waals surface area (Å²) in [6.07, 6.45) is 1.73. The Morgan fingerprint density at radius 3 is 2.38 bits per heavy atom. The van der Waals surface area contributed by atoms with Crippen LogP contribution in [0.4, 0.5) is 4.39 Å². The molecule has 1 unspecified atom stereocenters. The average molecular weight is 435 g/mol. The first-order valence-corrected chi connectivity index (χ1v) is 10.1. The minimum atomic E-state index is -1.44. The molecular weight excluding hydrogens is 413 g/mol. The topological polar surface area (TPSA) is 75.5 Å². The fourth-order valence-corrected chi connectivity index (χ4v) is 3.36. The van der Waals surface area contributed by atoms with E-state index in [-0.39, 0.29) is 5.56 Å². The Hall–Kier alpha value is -3.94. The summed E-state index contributed by atoms with van der Waals surface area (Å²) < 4.78 is 30.5. The van der Waals surface area contributed by atoms with Gasteiger partial charge in [0.1, 0.15) is 22.5 Å². The van der Waals surface area contributed by atoms with Crippen molar-refractivity contribution in [2.75, 3.05) is 13.7 Å². The van der Waals surface area contributed by atoms with Crippen LogP contribution in [0.15, 0.2) is 65.7 Å². The first-order chi connectivity index (χ1) is 15.5. The van der Waals surface area contributed by atoms with E-state index >= 15 is 0 Å². The molecule has 2 aromatic carbocycles. The van der Waals surface area contributed by atoms with E-state index in [1.165, 1.54) is 17.7 Å². The summed E-state index contributed by atoms with van der Waals surface area (Å²) in [6, 6.07) is 13.7. The lowest BCUT2D eigenvalue weighted by Gasteiger charge is -2.13. The van der Waals surface area contributed by atoms with E-state index in [0.29, 0.717) is 51.8 Å². The molecule has 0 N–H and O–H groups in total. The second kappa shape index (κ2) is 9.05. The van der Waals surface area contributed by atoms with E-state index in [9.17, 15) is 9.18 Å². The molecule has 0 aliphatic heterocycles. The highest BCUT2D eigenvalue weighted by molar-refractivity contribution is 5.91. The van der Waals surface area contributed by atoms with Gasteiger partial charge in [-0.2, -0.15) is 0 Å². The van der Waals surface area contributed by atoms with Crippen LogP contribution in [0.2, 0.25) is 0 Å². The number of methoxy groups -OCH3 is 1. The van der Waals surface area contributed by atoms with Gasteiger partial charge in [0.05, 0.1) is 25.5 Å². The molecule has 0 fully saturated rings. The molecule has 2 aromatic heterocycles. The molecule has 7 nitrogen and oxygen atoms in total. The summed E-state index contributed by atoms with van der Waals surface area (Å²) in [6.45, 7) is 3.57. The number of rotatable bonds is 7. The van der Waals surface area contributed by atoms with Gasteiger partial charge in [-0.1, -0.05) is 12.1 Å². The van der Waals surface area contributed by atoms with Crippen LogP contribution in [0.1, 0.15) is 13.8 Å². The molecule has 0 saturated carbocycles. The summed E-state index contributed by atoms with van der Waals surface area (Å²) >= 11 is 0. The standard InChI is InChI=1S/C24H22FN3O4/c1-4-31-21-13-26-20-14-28(17-7-11-18(30-3)12-8-17)24(29)22(23(20)27-21)16-5-9-19(10-6-16)32-15(2)25/h5-15H,4H2,1-3H3. The second-order valence-corrected chi connectivity index (χ2v) is 6.94. The van der Waals surface area contributed by atoms with Gasteiger partial charge < -0.3 is 14.2 Å². The molecule has 0 amide bonds. The number of hydrogen-bond donors (Lipinski definition) is 0. The van der Waals surface area contributed by atoms with Crippen molar-refractivity contribution in [2.24, 2.45) is 0 Å². The van der Waals surface area contributed by atoms with Crippen molar-refractivity contribution in [3.63, 3.8) is 0 Å². The highest BCUT2D eigenvalue weighted by Crippen LogP contribution is 2.28. The first kappa shape index (κ1) is 21.3. The zero-order chi connectivity index (χ0) is 22.7. The van der Waals surface area contributed by atoms with E-state index in [0.717, 1.165) is 0 Å². The predicted molar refractivity (Wildman–Crippen MR) is 119 cm³/mol. The summed E-state index contributed by atoms with van der Waals surface area (Å²) in [4.78, 5) is 22.6. The van der Waals surface area contributed by atoms with Gasteiger partial charge in [-0.25, -0.2) is 14.4 Å². The Labute approximate surface area is 184 Å². The van der Waals surface area contributed by atoms with E-state index < -0.39 is 6.36 Å². The minimum absolute atomic E-state index is 0.279. The molecule has 4 rings (SSSR count). The third kappa shape index (κ3) is 4.25. The second-order valence-electron chi connectivity index (χ2n) is 6.94. The van der Waals surface area contributed by atoms with E-state index in [2.05, 4.69) is 9.97 Å². The van der Waals surface area contributed by atoms with E-state index in [1.54, 1.807) is 61.8 Å². The van der Waals surface area contributed by atoms with Crippen molar-refractivity contribution in [1.29, 1.82) is 0 Å². The molecule has 0 bridgehead atoms. The summed E-state index contributed by atoms with van der Waals surface area (Å²) in [5.41, 5.74) is 2.27. The molecular formula is C24H22FN3O4. The minimum Gasteiger partial charge on any atom is -0.497 e. The van der Waals surface area contributed by atoms with Gasteiger partial charge in [-0.3, -0.25) is 9.36 Å². The average Bonchev–Trinajstić information content (AvgIpc) is 2.79. The Bertz CT molecular complexity index is 1290. The van der Waals surface area contributed by atoms with Gasteiger partial charge in [0.25, 0.3) is 5.56 Å². The molecule has 1 atom stereocenters. The van der Waals surface area contributed by atoms with Gasteiger partial charge in [0, 0.05) is 18.8 Å². The summed E-state index contributed by atoms with van der Waals surface area (Å²) in [5.74, 6) is 1.37. The van der Waals surface area contributed by atoms with Gasteiger partial charge in [0.15, 0.2) is 0 Å². The lowest BCUT2D eigenvalue weighted by Crippen LogP contribution is -2.21. The maximum absolute atomic E-state index is 13.6. The predicted octanol–water partition coefficient (Wildman–Crippen LogP) is 4.55. The van der Waals surface area contributed by atoms with Gasteiger partial charge in [-0.05, 0) is 48.9 Å². The van der Waals surface area contributed by atoms with Crippen LogP contribution >= 0.6 is 0 Å². The lowest BCUT2D eigenvalue weighted by molar-refractivity contribution is 0.0861. The van der Waals surface area contributed by atoms with Crippen LogP contribution in [0.3, 0.4) is 0 Å². The summed E-state index contributed by atoms with van der Waals surface area (Å²) in [5, 5.41) is 0. The van der Waals surface area contributed by atoms with Crippen molar-refractivity contribution >= 4 is 11.0 Å². The van der Waals surface area contributed by atoms with Crippen molar-refractivity contribution in [2.45, 2.75) is 20.2 Å². The molecule has 2 heterocycles. The van der Waals surface area contributed by atoms with Gasteiger partial charge in [0.2, 0.25) is 12.2 Å². The molecule has 8 heteroatoms. The van der Waals surface area contributed by atoms with Crippen LogP contribution in [-0.2, 0) is 0 Å². The van der Waals surface area contributed by atoms with Crippen LogP contribution in [0.5, 0.6) is 17.4 Å². The molecule has 32 heavy (non-hydrogen) atoms. The maximum Gasteiger partial charge on any atom is 0.265 e. The number of nitrogens with zero attached hydrogens (tertiary/aromatic N) is 3. The van der Waals surface area contributed by atoms with Crippen LogP contribution in [-0.4, -0.2) is 34.6 Å². The Morgan fingerprint density at radius 1 is 1.06 bits per heavy atom. The number of benzene rings is 2. The number of hydrogen-bond acceptors (Lipinski definition) is 6. The van der Waals surface area contributed by atoms with Crippen LogP contribution < -0.4 is 19.8 Å². The van der Waals surface area contributed by atoms with Crippen LogP contribution in [0, 0.1) is 0 Å². The van der Waals surface area contributed by atoms with E-state index in [4.69, 9.17) is 14.2 Å². The zero-order valence-electron chi connectivity index (χ0n) is 17.9. The molecule has 0 saturated heterocycles. The van der Waals surface area contributed by atoms with E-state index in [1.807, 2.05) is 6.92 Å². The molecule has 164 valence electrons. The maximum atomic E-state index is 13.6. The lowest BCUT2D eigenvalue weighted by atomic mass is 10.1. The zero-order valence-corrected chi connectivity index (χ0v) is 17.9. The Kier molecular flexibility index (Phi) is 6.02. The van der Waals surface area contributed by atoms with Crippen molar-refractivity contribution < 1.29 is 18.6 Å². The molecule has 0 aliphatic carbocycles. The number of halogens is 1. The third-order valence-corrected chi connectivity index (χ3v) is 4.78. The smallest absolute Gasteiger partial charge is 0.265 e. The monoisotopic (exact) mass is 435 g/mol. The third-order valence-electron chi connectivity index (χ3n) is 4.78. The van der Waals surface area contributed by atoms with Crippen molar-refractivity contribution in [1.82, 2.24) is 14.5 Å². The van der Waals surface area contributed by atoms with Gasteiger partial charge in [-0.15, -0.1) is 0 Å². The fraction of sp³-hybridized carbons (Fsp3) is 0.208. The largest absolute Gasteiger partial charge is 0.497 e. The number of ether oxygens (including phenoxy) is 3. The molecule has 0 radical (unpaired) electrons. The number of alkyl halides is 1.